The van der Waals surface area contributed by atoms with E-state index in [0.29, 0.717) is 26.1 Å². The summed E-state index contributed by atoms with van der Waals surface area (Å²) in [6, 6.07) is 6.57. The molecular weight excluding hydrogens is 321 g/mol. The molecule has 1 N–H and O–H groups in total. The standard InChI is InChI=1S/C19H26FN3O2/c1-14(15-4-2-5-16(20)11-15)10-18(24)22-8-3-6-17(13-22)23-9-7-21-12-19(23)25/h2,4-5,11,14,17,21H,3,6-10,12-13H2,1H3/t14-,17-/m1/s1. The fraction of sp³-hybridized carbons (Fsp3) is 0.579. The highest BCUT2D eigenvalue weighted by molar-refractivity contribution is 5.80. The highest BCUT2D eigenvalue weighted by Crippen LogP contribution is 2.23. The van der Waals surface area contributed by atoms with Crippen molar-refractivity contribution < 1.29 is 14.0 Å². The average Bonchev–Trinajstić information content (AvgIpc) is 2.62. The lowest BCUT2D eigenvalue weighted by Crippen LogP contribution is -2.57. The minimum atomic E-state index is -0.271. The van der Waals surface area contributed by atoms with Crippen LogP contribution in [-0.2, 0) is 9.59 Å². The smallest absolute Gasteiger partial charge is 0.236 e. The molecule has 5 nitrogen and oxygen atoms in total. The Bertz CT molecular complexity index is 637. The van der Waals surface area contributed by atoms with Crippen molar-refractivity contribution in [1.82, 2.24) is 15.1 Å². The molecule has 0 spiro atoms. The summed E-state index contributed by atoms with van der Waals surface area (Å²) in [6.45, 7) is 5.22. The van der Waals surface area contributed by atoms with Gasteiger partial charge in [0.2, 0.25) is 11.8 Å². The number of hydrogen-bond donors (Lipinski definition) is 1. The molecule has 2 heterocycles. The van der Waals surface area contributed by atoms with E-state index in [1.807, 2.05) is 22.8 Å². The Morgan fingerprint density at radius 1 is 1.40 bits per heavy atom. The van der Waals surface area contributed by atoms with E-state index in [0.717, 1.165) is 31.5 Å². The molecule has 2 atom stereocenters. The van der Waals surface area contributed by atoms with Crippen LogP contribution < -0.4 is 5.32 Å². The lowest BCUT2D eigenvalue weighted by Gasteiger charge is -2.41. The van der Waals surface area contributed by atoms with Crippen LogP contribution >= 0.6 is 0 Å². The molecule has 0 bridgehead atoms. The van der Waals surface area contributed by atoms with Gasteiger partial charge >= 0.3 is 0 Å². The van der Waals surface area contributed by atoms with Crippen LogP contribution in [0.5, 0.6) is 0 Å². The largest absolute Gasteiger partial charge is 0.341 e. The number of hydrogen-bond acceptors (Lipinski definition) is 3. The van der Waals surface area contributed by atoms with Crippen molar-refractivity contribution in [2.45, 2.75) is 38.1 Å². The Kier molecular flexibility index (Phi) is 5.68. The Morgan fingerprint density at radius 3 is 3.00 bits per heavy atom. The van der Waals surface area contributed by atoms with Crippen molar-refractivity contribution in [3.05, 3.63) is 35.6 Å². The molecule has 2 saturated heterocycles. The van der Waals surface area contributed by atoms with Crippen molar-refractivity contribution in [2.75, 3.05) is 32.7 Å². The number of piperidine rings is 1. The van der Waals surface area contributed by atoms with Gasteiger partial charge in [0, 0.05) is 38.6 Å². The van der Waals surface area contributed by atoms with Gasteiger partial charge in [-0.1, -0.05) is 19.1 Å². The summed E-state index contributed by atoms with van der Waals surface area (Å²) in [5, 5.41) is 3.08. The third-order valence-electron chi connectivity index (χ3n) is 5.21. The number of halogens is 1. The molecule has 1 aromatic rings. The van der Waals surface area contributed by atoms with Crippen molar-refractivity contribution >= 4 is 11.8 Å². The zero-order valence-corrected chi connectivity index (χ0v) is 14.7. The van der Waals surface area contributed by atoms with Gasteiger partial charge in [0.15, 0.2) is 0 Å². The van der Waals surface area contributed by atoms with E-state index < -0.39 is 0 Å². The van der Waals surface area contributed by atoms with E-state index in [-0.39, 0.29) is 29.6 Å². The predicted molar refractivity (Wildman–Crippen MR) is 93.6 cm³/mol. The Balaban J connectivity index is 1.59. The number of nitrogens with one attached hydrogen (secondary N) is 1. The lowest BCUT2D eigenvalue weighted by atomic mass is 9.96. The molecule has 6 heteroatoms. The van der Waals surface area contributed by atoms with Gasteiger partial charge in [-0.2, -0.15) is 0 Å². The second kappa shape index (κ2) is 7.95. The molecule has 2 amide bonds. The Labute approximate surface area is 148 Å². The summed E-state index contributed by atoms with van der Waals surface area (Å²) in [7, 11) is 0. The number of carbonyl (C=O) groups excluding carboxylic acids is 2. The predicted octanol–water partition coefficient (Wildman–Crippen LogP) is 1.74. The minimum Gasteiger partial charge on any atom is -0.341 e. The second-order valence-electron chi connectivity index (χ2n) is 7.06. The first-order valence-corrected chi connectivity index (χ1v) is 9.08. The molecule has 0 unspecified atom stereocenters. The maximum absolute atomic E-state index is 13.4. The van der Waals surface area contributed by atoms with Gasteiger partial charge in [-0.25, -0.2) is 4.39 Å². The van der Waals surface area contributed by atoms with Gasteiger partial charge < -0.3 is 15.1 Å². The van der Waals surface area contributed by atoms with Gasteiger partial charge in [0.1, 0.15) is 5.82 Å². The summed E-state index contributed by atoms with van der Waals surface area (Å²) in [6.07, 6.45) is 2.24. The van der Waals surface area contributed by atoms with Crippen molar-refractivity contribution in [3.63, 3.8) is 0 Å². The number of amides is 2. The molecule has 0 aliphatic carbocycles. The maximum Gasteiger partial charge on any atom is 0.236 e. The first-order valence-electron chi connectivity index (χ1n) is 9.08. The van der Waals surface area contributed by atoms with Gasteiger partial charge in [0.05, 0.1) is 6.54 Å². The molecule has 0 aromatic heterocycles. The molecule has 0 saturated carbocycles. The number of rotatable bonds is 4. The average molecular weight is 347 g/mol. The van der Waals surface area contributed by atoms with Crippen LogP contribution in [0, 0.1) is 5.82 Å². The fourth-order valence-corrected chi connectivity index (χ4v) is 3.76. The van der Waals surface area contributed by atoms with E-state index in [1.165, 1.54) is 12.1 Å². The fourth-order valence-electron chi connectivity index (χ4n) is 3.76. The Morgan fingerprint density at radius 2 is 2.24 bits per heavy atom. The molecule has 2 aliphatic rings. The first kappa shape index (κ1) is 17.9. The SMILES string of the molecule is C[C@H](CC(=O)N1CCC[C@@H](N2CCNCC2=O)C1)c1cccc(F)c1. The monoisotopic (exact) mass is 347 g/mol. The quantitative estimate of drug-likeness (QED) is 0.903. The van der Waals surface area contributed by atoms with E-state index in [9.17, 15) is 14.0 Å². The van der Waals surface area contributed by atoms with Crippen LogP contribution in [0.4, 0.5) is 4.39 Å². The third-order valence-corrected chi connectivity index (χ3v) is 5.21. The third kappa shape index (κ3) is 4.37. The molecule has 2 fully saturated rings. The number of nitrogens with zero attached hydrogens (tertiary/aromatic N) is 2. The molecule has 2 aliphatic heterocycles. The maximum atomic E-state index is 13.4. The van der Waals surface area contributed by atoms with Crippen LogP contribution in [0.1, 0.15) is 37.7 Å². The summed E-state index contributed by atoms with van der Waals surface area (Å²) in [5.41, 5.74) is 0.846. The molecule has 25 heavy (non-hydrogen) atoms. The summed E-state index contributed by atoms with van der Waals surface area (Å²) in [4.78, 5) is 28.6. The molecule has 136 valence electrons. The van der Waals surface area contributed by atoms with Crippen molar-refractivity contribution in [2.24, 2.45) is 0 Å². The Hall–Kier alpha value is -1.95. The molecule has 1 aromatic carbocycles. The minimum absolute atomic E-state index is 0.0237. The normalized spacial score (nSPS) is 22.8. The number of likely N-dealkylation sites (tertiary alicyclic amines) is 1. The van der Waals surface area contributed by atoms with Crippen LogP contribution in [0.15, 0.2) is 24.3 Å². The summed E-state index contributed by atoms with van der Waals surface area (Å²) in [5.74, 6) is -0.0841. The van der Waals surface area contributed by atoms with E-state index >= 15 is 0 Å². The van der Waals surface area contributed by atoms with E-state index in [4.69, 9.17) is 0 Å². The van der Waals surface area contributed by atoms with Gasteiger partial charge in [-0.05, 0) is 36.5 Å². The van der Waals surface area contributed by atoms with Gasteiger partial charge in [0.25, 0.3) is 0 Å². The topological polar surface area (TPSA) is 52.7 Å². The highest BCUT2D eigenvalue weighted by atomic mass is 19.1. The molecule has 3 rings (SSSR count). The van der Waals surface area contributed by atoms with Crippen LogP contribution in [0.3, 0.4) is 0 Å². The van der Waals surface area contributed by atoms with Crippen LogP contribution in [0.25, 0.3) is 0 Å². The number of piperazine rings is 1. The highest BCUT2D eigenvalue weighted by Gasteiger charge is 2.31. The molecule has 0 radical (unpaired) electrons. The zero-order chi connectivity index (χ0) is 17.8. The van der Waals surface area contributed by atoms with Crippen LogP contribution in [-0.4, -0.2) is 60.4 Å². The molecular formula is C19H26FN3O2. The second-order valence-corrected chi connectivity index (χ2v) is 7.06. The number of benzene rings is 1. The van der Waals surface area contributed by atoms with Gasteiger partial charge in [-0.15, -0.1) is 0 Å². The van der Waals surface area contributed by atoms with E-state index in [1.54, 1.807) is 6.07 Å². The lowest BCUT2D eigenvalue weighted by molar-refractivity contribution is -0.140. The number of carbonyl (C=O) groups is 2. The van der Waals surface area contributed by atoms with Crippen LogP contribution in [0.2, 0.25) is 0 Å². The first-order chi connectivity index (χ1) is 12.0. The van der Waals surface area contributed by atoms with E-state index in [2.05, 4.69) is 5.32 Å². The van der Waals surface area contributed by atoms with Gasteiger partial charge in [-0.3, -0.25) is 9.59 Å². The summed E-state index contributed by atoms with van der Waals surface area (Å²) >= 11 is 0. The summed E-state index contributed by atoms with van der Waals surface area (Å²) < 4.78 is 13.4. The van der Waals surface area contributed by atoms with Crippen molar-refractivity contribution in [1.29, 1.82) is 0 Å². The van der Waals surface area contributed by atoms with Crippen molar-refractivity contribution in [3.8, 4) is 0 Å². The zero-order valence-electron chi connectivity index (χ0n) is 14.7.